The van der Waals surface area contributed by atoms with Gasteiger partial charge in [-0.25, -0.2) is 0 Å². The molecule has 0 N–H and O–H groups in total. The molecule has 6 heteroatoms. The van der Waals surface area contributed by atoms with Gasteiger partial charge in [-0.3, -0.25) is 15.1 Å². The Morgan fingerprint density at radius 2 is 1.50 bits per heavy atom. The number of aromatic nitrogens is 1. The van der Waals surface area contributed by atoms with Crippen LogP contribution in [0.4, 0.5) is 17.1 Å². The summed E-state index contributed by atoms with van der Waals surface area (Å²) >= 11 is 0. The van der Waals surface area contributed by atoms with Crippen molar-refractivity contribution in [3.05, 3.63) is 58.4 Å². The number of nitro benzene ring substituents is 1. The Labute approximate surface area is 129 Å². The van der Waals surface area contributed by atoms with Gasteiger partial charge in [-0.1, -0.05) is 0 Å². The third-order valence-electron chi connectivity index (χ3n) is 3.97. The van der Waals surface area contributed by atoms with Crippen LogP contribution in [0, 0.1) is 17.0 Å². The van der Waals surface area contributed by atoms with Crippen molar-refractivity contribution >= 4 is 17.1 Å². The van der Waals surface area contributed by atoms with Crippen molar-refractivity contribution in [1.82, 2.24) is 4.98 Å². The summed E-state index contributed by atoms with van der Waals surface area (Å²) in [5.41, 5.74) is 3.34. The van der Waals surface area contributed by atoms with Gasteiger partial charge in [-0.15, -0.1) is 0 Å². The molecule has 22 heavy (non-hydrogen) atoms. The normalized spacial score (nSPS) is 15.0. The van der Waals surface area contributed by atoms with Crippen molar-refractivity contribution < 1.29 is 4.92 Å². The van der Waals surface area contributed by atoms with Crippen molar-refractivity contribution in [2.45, 2.75) is 6.92 Å². The summed E-state index contributed by atoms with van der Waals surface area (Å²) in [7, 11) is 0. The summed E-state index contributed by atoms with van der Waals surface area (Å²) in [5, 5.41) is 10.7. The maximum Gasteiger partial charge on any atom is 0.269 e. The predicted octanol–water partition coefficient (Wildman–Crippen LogP) is 2.62. The molecule has 1 saturated heterocycles. The minimum Gasteiger partial charge on any atom is -0.368 e. The molecule has 0 saturated carbocycles. The van der Waals surface area contributed by atoms with Crippen molar-refractivity contribution in [2.75, 3.05) is 36.0 Å². The van der Waals surface area contributed by atoms with E-state index in [1.807, 2.05) is 31.3 Å². The van der Waals surface area contributed by atoms with Crippen LogP contribution < -0.4 is 9.80 Å². The van der Waals surface area contributed by atoms with Gasteiger partial charge in [0.2, 0.25) is 0 Å². The minimum atomic E-state index is -0.369. The standard InChI is InChI=1S/C16H18N4O2/c1-13-2-3-16(12-17-13)19-10-8-18(9-11-19)14-4-6-15(7-5-14)20(21)22/h2-7,12H,8-11H2,1H3. The number of piperazine rings is 1. The smallest absolute Gasteiger partial charge is 0.269 e. The molecule has 2 aromatic rings. The molecule has 0 amide bonds. The highest BCUT2D eigenvalue weighted by atomic mass is 16.6. The first-order valence-corrected chi connectivity index (χ1v) is 7.30. The monoisotopic (exact) mass is 298 g/mol. The molecule has 0 atom stereocenters. The molecule has 3 rings (SSSR count). The summed E-state index contributed by atoms with van der Waals surface area (Å²) in [6, 6.07) is 10.9. The van der Waals surface area contributed by atoms with Crippen molar-refractivity contribution in [3.63, 3.8) is 0 Å². The van der Waals surface area contributed by atoms with Crippen LogP contribution >= 0.6 is 0 Å². The van der Waals surface area contributed by atoms with E-state index in [1.54, 1.807) is 12.1 Å². The Morgan fingerprint density at radius 3 is 2.00 bits per heavy atom. The lowest BCUT2D eigenvalue weighted by Gasteiger charge is -2.37. The second-order valence-electron chi connectivity index (χ2n) is 5.41. The summed E-state index contributed by atoms with van der Waals surface area (Å²) in [6.45, 7) is 5.61. The fraction of sp³-hybridized carbons (Fsp3) is 0.312. The quantitative estimate of drug-likeness (QED) is 0.644. The molecule has 0 spiro atoms. The van der Waals surface area contributed by atoms with Crippen LogP contribution in [0.3, 0.4) is 0 Å². The third kappa shape index (κ3) is 3.00. The summed E-state index contributed by atoms with van der Waals surface area (Å²) in [5.74, 6) is 0. The number of nitro groups is 1. The minimum absolute atomic E-state index is 0.133. The van der Waals surface area contributed by atoms with Gasteiger partial charge in [0.05, 0.1) is 16.8 Å². The molecule has 0 aliphatic carbocycles. The second kappa shape index (κ2) is 6.01. The van der Waals surface area contributed by atoms with Crippen LogP contribution in [-0.2, 0) is 0 Å². The lowest BCUT2D eigenvalue weighted by Crippen LogP contribution is -2.46. The van der Waals surface area contributed by atoms with Gasteiger partial charge in [0.1, 0.15) is 0 Å². The average molecular weight is 298 g/mol. The number of benzene rings is 1. The summed E-state index contributed by atoms with van der Waals surface area (Å²) < 4.78 is 0. The first kappa shape index (κ1) is 14.3. The first-order chi connectivity index (χ1) is 10.6. The Morgan fingerprint density at radius 1 is 0.955 bits per heavy atom. The van der Waals surface area contributed by atoms with Crippen LogP contribution in [0.5, 0.6) is 0 Å². The largest absolute Gasteiger partial charge is 0.368 e. The molecular formula is C16H18N4O2. The number of nitrogens with zero attached hydrogens (tertiary/aromatic N) is 4. The van der Waals surface area contributed by atoms with E-state index in [9.17, 15) is 10.1 Å². The number of aryl methyl sites for hydroxylation is 1. The average Bonchev–Trinajstić information content (AvgIpc) is 2.56. The van der Waals surface area contributed by atoms with Crippen molar-refractivity contribution in [1.29, 1.82) is 0 Å². The summed E-state index contributed by atoms with van der Waals surface area (Å²) in [4.78, 5) is 19.2. The topological polar surface area (TPSA) is 62.5 Å². The maximum atomic E-state index is 10.7. The number of anilines is 2. The molecule has 0 radical (unpaired) electrons. The summed E-state index contributed by atoms with van der Waals surface area (Å²) in [6.07, 6.45) is 1.91. The third-order valence-corrected chi connectivity index (χ3v) is 3.97. The molecule has 1 fully saturated rings. The Balaban J connectivity index is 1.63. The highest BCUT2D eigenvalue weighted by Crippen LogP contribution is 2.22. The number of hydrogen-bond donors (Lipinski definition) is 0. The molecule has 114 valence electrons. The van der Waals surface area contributed by atoms with Gasteiger partial charge < -0.3 is 9.80 Å². The van der Waals surface area contributed by atoms with Crippen LogP contribution in [0.15, 0.2) is 42.6 Å². The van der Waals surface area contributed by atoms with E-state index in [4.69, 9.17) is 0 Å². The second-order valence-corrected chi connectivity index (χ2v) is 5.41. The fourth-order valence-electron chi connectivity index (χ4n) is 2.66. The molecule has 1 aliphatic rings. The van der Waals surface area contributed by atoms with Crippen molar-refractivity contribution in [2.24, 2.45) is 0 Å². The van der Waals surface area contributed by atoms with E-state index >= 15 is 0 Å². The molecule has 0 bridgehead atoms. The predicted molar refractivity (Wildman–Crippen MR) is 86.5 cm³/mol. The highest BCUT2D eigenvalue weighted by molar-refractivity contribution is 5.53. The maximum absolute atomic E-state index is 10.7. The zero-order valence-electron chi connectivity index (χ0n) is 12.5. The van der Waals surface area contributed by atoms with Gasteiger partial charge in [-0.05, 0) is 31.2 Å². The van der Waals surface area contributed by atoms with E-state index < -0.39 is 0 Å². The zero-order valence-corrected chi connectivity index (χ0v) is 12.5. The Kier molecular flexibility index (Phi) is 3.91. The first-order valence-electron chi connectivity index (χ1n) is 7.30. The Bertz CT molecular complexity index is 647. The zero-order chi connectivity index (χ0) is 15.5. The number of non-ortho nitro benzene ring substituents is 1. The molecule has 1 aromatic carbocycles. The van der Waals surface area contributed by atoms with Gasteiger partial charge in [0, 0.05) is 49.7 Å². The van der Waals surface area contributed by atoms with Gasteiger partial charge in [0.25, 0.3) is 5.69 Å². The SMILES string of the molecule is Cc1ccc(N2CCN(c3ccc([N+](=O)[O-])cc3)CC2)cn1. The number of rotatable bonds is 3. The Hall–Kier alpha value is -2.63. The van der Waals surface area contributed by atoms with Crippen molar-refractivity contribution in [3.8, 4) is 0 Å². The van der Waals surface area contributed by atoms with E-state index in [0.717, 1.165) is 43.2 Å². The molecular weight excluding hydrogens is 280 g/mol. The van der Waals surface area contributed by atoms with E-state index in [1.165, 1.54) is 0 Å². The van der Waals surface area contributed by atoms with Crippen LogP contribution in [0.1, 0.15) is 5.69 Å². The lowest BCUT2D eigenvalue weighted by molar-refractivity contribution is -0.384. The van der Waals surface area contributed by atoms with Gasteiger partial charge in [-0.2, -0.15) is 0 Å². The van der Waals surface area contributed by atoms with Crippen LogP contribution in [0.25, 0.3) is 0 Å². The van der Waals surface area contributed by atoms with Gasteiger partial charge in [0.15, 0.2) is 0 Å². The number of hydrogen-bond acceptors (Lipinski definition) is 5. The highest BCUT2D eigenvalue weighted by Gasteiger charge is 2.18. The molecule has 1 aliphatic heterocycles. The van der Waals surface area contributed by atoms with Crippen LogP contribution in [0.2, 0.25) is 0 Å². The van der Waals surface area contributed by atoms with E-state index in [2.05, 4.69) is 20.9 Å². The van der Waals surface area contributed by atoms with Gasteiger partial charge >= 0.3 is 0 Å². The molecule has 6 nitrogen and oxygen atoms in total. The molecule has 0 unspecified atom stereocenters. The van der Waals surface area contributed by atoms with Crippen LogP contribution in [-0.4, -0.2) is 36.1 Å². The number of pyridine rings is 1. The van der Waals surface area contributed by atoms with E-state index in [0.29, 0.717) is 0 Å². The molecule has 1 aromatic heterocycles. The fourth-order valence-corrected chi connectivity index (χ4v) is 2.66. The molecule has 2 heterocycles. The lowest BCUT2D eigenvalue weighted by atomic mass is 10.2. The van der Waals surface area contributed by atoms with E-state index in [-0.39, 0.29) is 10.6 Å².